The van der Waals surface area contributed by atoms with Gasteiger partial charge in [-0.05, 0) is 47.4 Å². The molecule has 0 bridgehead atoms. The molecule has 31 heavy (non-hydrogen) atoms. The van der Waals surface area contributed by atoms with Gasteiger partial charge in [0.1, 0.15) is 5.82 Å². The Morgan fingerprint density at radius 3 is 2.16 bits per heavy atom. The third kappa shape index (κ3) is 5.97. The maximum Gasteiger partial charge on any atom is 0.416 e. The first-order chi connectivity index (χ1) is 14.5. The molecule has 5 nitrogen and oxygen atoms in total. The van der Waals surface area contributed by atoms with Crippen molar-refractivity contribution in [3.8, 4) is 0 Å². The Morgan fingerprint density at radius 1 is 0.871 bits per heavy atom. The molecule has 0 aliphatic heterocycles. The molecule has 0 saturated carbocycles. The minimum atomic E-state index is -4.41. The molecular formula is C23H23F3N4O. The van der Waals surface area contributed by atoms with Crippen LogP contribution in [0.1, 0.15) is 31.9 Å². The topological polar surface area (TPSA) is 69.3 Å². The predicted molar refractivity (Wildman–Crippen MR) is 118 cm³/mol. The van der Waals surface area contributed by atoms with Crippen LogP contribution in [0.2, 0.25) is 0 Å². The molecule has 0 amide bonds. The van der Waals surface area contributed by atoms with Crippen molar-refractivity contribution in [1.82, 2.24) is 4.98 Å². The molecule has 0 saturated heterocycles. The predicted octanol–water partition coefficient (Wildman–Crippen LogP) is 5.90. The summed E-state index contributed by atoms with van der Waals surface area (Å²) in [5.74, 6) is 0.543. The molecule has 3 aromatic rings. The smallest absolute Gasteiger partial charge is 0.326 e. The van der Waals surface area contributed by atoms with Crippen LogP contribution in [0.15, 0.2) is 76.5 Å². The summed E-state index contributed by atoms with van der Waals surface area (Å²) < 4.78 is 38.6. The molecular weight excluding hydrogens is 405 g/mol. The molecule has 162 valence electrons. The fourth-order valence-corrected chi connectivity index (χ4v) is 2.96. The maximum absolute atomic E-state index is 12.9. The van der Waals surface area contributed by atoms with E-state index in [4.69, 9.17) is 0 Å². The van der Waals surface area contributed by atoms with Gasteiger partial charge in [-0.1, -0.05) is 45.0 Å². The highest BCUT2D eigenvalue weighted by Gasteiger charge is 2.30. The highest BCUT2D eigenvalue weighted by molar-refractivity contribution is 6.05. The average molecular weight is 428 g/mol. The van der Waals surface area contributed by atoms with E-state index >= 15 is 0 Å². The number of hydrogen-bond acceptors (Lipinski definition) is 2. The van der Waals surface area contributed by atoms with E-state index in [0.29, 0.717) is 11.5 Å². The number of halogens is 3. The molecule has 8 heteroatoms. The normalized spacial score (nSPS) is 12.5. The van der Waals surface area contributed by atoms with Crippen LogP contribution in [0.25, 0.3) is 0 Å². The Bertz CT molecular complexity index is 1130. The molecule has 1 aromatic heterocycles. The van der Waals surface area contributed by atoms with E-state index in [1.165, 1.54) is 18.2 Å². The second-order valence-electron chi connectivity index (χ2n) is 7.98. The van der Waals surface area contributed by atoms with Crippen LogP contribution < -0.4 is 16.2 Å². The summed E-state index contributed by atoms with van der Waals surface area (Å²) in [6, 6.07) is 16.9. The Morgan fingerprint density at radius 2 is 1.55 bits per heavy atom. The van der Waals surface area contributed by atoms with Gasteiger partial charge in [-0.2, -0.15) is 18.2 Å². The number of aromatic amines is 1. The van der Waals surface area contributed by atoms with E-state index in [1.54, 1.807) is 12.1 Å². The van der Waals surface area contributed by atoms with Gasteiger partial charge in [0.05, 0.1) is 5.56 Å². The third-order valence-electron chi connectivity index (χ3n) is 4.45. The number of benzene rings is 2. The zero-order chi connectivity index (χ0) is 22.6. The van der Waals surface area contributed by atoms with Gasteiger partial charge in [0.25, 0.3) is 0 Å². The van der Waals surface area contributed by atoms with Crippen LogP contribution in [0, 0.1) is 0 Å². The Kier molecular flexibility index (Phi) is 6.19. The van der Waals surface area contributed by atoms with Crippen molar-refractivity contribution in [3.05, 3.63) is 88.2 Å². The lowest BCUT2D eigenvalue weighted by Gasteiger charge is -2.24. The van der Waals surface area contributed by atoms with E-state index in [0.717, 1.165) is 23.4 Å². The largest absolute Gasteiger partial charge is 0.416 e. The van der Waals surface area contributed by atoms with Crippen LogP contribution in [-0.4, -0.2) is 10.9 Å². The number of nitrogens with one attached hydrogen (secondary N) is 3. The number of para-hydroxylation sites is 1. The minimum absolute atomic E-state index is 0.163. The molecule has 1 heterocycles. The quantitative estimate of drug-likeness (QED) is 0.359. The number of hydrogen-bond donors (Lipinski definition) is 3. The van der Waals surface area contributed by atoms with Gasteiger partial charge in [-0.3, -0.25) is 4.79 Å². The molecule has 0 radical (unpaired) electrons. The summed E-state index contributed by atoms with van der Waals surface area (Å²) >= 11 is 0. The lowest BCUT2D eigenvalue weighted by atomic mass is 9.86. The fraction of sp³-hybridized carbons (Fsp3) is 0.217. The van der Waals surface area contributed by atoms with Crippen molar-refractivity contribution in [2.24, 2.45) is 4.99 Å². The monoisotopic (exact) mass is 428 g/mol. The van der Waals surface area contributed by atoms with Gasteiger partial charge in [-0.25, -0.2) is 0 Å². The van der Waals surface area contributed by atoms with Crippen molar-refractivity contribution in [3.63, 3.8) is 0 Å². The molecule has 3 rings (SSSR count). The minimum Gasteiger partial charge on any atom is -0.326 e. The molecule has 0 unspecified atom stereocenters. The average Bonchev–Trinajstić information content (AvgIpc) is 2.67. The van der Waals surface area contributed by atoms with E-state index in [9.17, 15) is 18.0 Å². The number of pyridine rings is 1. The lowest BCUT2D eigenvalue weighted by Crippen LogP contribution is -2.25. The summed E-state index contributed by atoms with van der Waals surface area (Å²) in [5, 5.41) is 6.21. The van der Waals surface area contributed by atoms with Crippen molar-refractivity contribution in [2.45, 2.75) is 32.4 Å². The van der Waals surface area contributed by atoms with E-state index in [1.807, 2.05) is 24.3 Å². The number of rotatable bonds is 3. The second kappa shape index (κ2) is 8.67. The van der Waals surface area contributed by atoms with Crippen molar-refractivity contribution in [2.75, 3.05) is 10.6 Å². The first kappa shape index (κ1) is 22.1. The molecule has 0 aliphatic carbocycles. The first-order valence-electron chi connectivity index (χ1n) is 9.61. The number of aromatic nitrogens is 1. The number of aliphatic imine (C=N–C) groups is 1. The Hall–Kier alpha value is -3.55. The van der Waals surface area contributed by atoms with Crippen LogP contribution in [0.3, 0.4) is 0 Å². The number of H-pyrrole nitrogens is 1. The fourth-order valence-electron chi connectivity index (χ4n) is 2.96. The molecule has 0 aliphatic rings. The maximum atomic E-state index is 12.9. The third-order valence-corrected chi connectivity index (χ3v) is 4.45. The lowest BCUT2D eigenvalue weighted by molar-refractivity contribution is -0.137. The molecule has 0 atom stereocenters. The zero-order valence-electron chi connectivity index (χ0n) is 17.3. The summed E-state index contributed by atoms with van der Waals surface area (Å²) in [6.07, 6.45) is -4.41. The van der Waals surface area contributed by atoms with Crippen LogP contribution in [0.4, 0.5) is 30.4 Å². The standard InChI is InChI=1S/C23H23F3N4O/c1-22(2,3)17-7-4-5-8-18(17)28-21(30-19-9-6-10-20(31)29-19)27-16-13-11-15(12-14-16)23(24,25)26/h4-14H,1-3H3,(H3,27,28,29,30,31). The van der Waals surface area contributed by atoms with Gasteiger partial charge in [-0.15, -0.1) is 0 Å². The van der Waals surface area contributed by atoms with Crippen LogP contribution in [-0.2, 0) is 11.6 Å². The van der Waals surface area contributed by atoms with Gasteiger partial charge in [0.15, 0.2) is 0 Å². The number of guanidine groups is 1. The summed E-state index contributed by atoms with van der Waals surface area (Å²) in [6.45, 7) is 6.22. The number of anilines is 2. The molecule has 3 N–H and O–H groups in total. The molecule has 0 fully saturated rings. The highest BCUT2D eigenvalue weighted by atomic mass is 19.4. The number of alkyl halides is 3. The van der Waals surface area contributed by atoms with Crippen molar-refractivity contribution < 1.29 is 13.2 Å². The molecule has 0 spiro atoms. The Labute approximate surface area is 178 Å². The second-order valence-corrected chi connectivity index (χ2v) is 7.98. The molecule has 2 aromatic carbocycles. The highest BCUT2D eigenvalue weighted by Crippen LogP contribution is 2.31. The van der Waals surface area contributed by atoms with Crippen LogP contribution in [0.5, 0.6) is 0 Å². The number of nitrogens with zero attached hydrogens (tertiary/aromatic N) is 1. The van der Waals surface area contributed by atoms with Crippen LogP contribution >= 0.6 is 0 Å². The van der Waals surface area contributed by atoms with Gasteiger partial charge >= 0.3 is 6.18 Å². The van der Waals surface area contributed by atoms with E-state index < -0.39 is 11.7 Å². The van der Waals surface area contributed by atoms with Gasteiger partial charge in [0.2, 0.25) is 11.5 Å². The van der Waals surface area contributed by atoms with Gasteiger partial charge in [0, 0.05) is 17.4 Å². The van der Waals surface area contributed by atoms with E-state index in [2.05, 4.69) is 41.4 Å². The summed E-state index contributed by atoms with van der Waals surface area (Å²) in [4.78, 5) is 18.7. The first-order valence-corrected chi connectivity index (χ1v) is 9.61. The van der Waals surface area contributed by atoms with Gasteiger partial charge < -0.3 is 15.6 Å². The van der Waals surface area contributed by atoms with Crippen molar-refractivity contribution in [1.29, 1.82) is 0 Å². The van der Waals surface area contributed by atoms with E-state index in [-0.39, 0.29) is 16.9 Å². The van der Waals surface area contributed by atoms with Crippen molar-refractivity contribution >= 4 is 23.2 Å². The SMILES string of the molecule is CC(C)(C)c1ccccc1N/C(=N/c1cccc(=O)[nH]1)Nc1ccc(C(F)(F)F)cc1. The zero-order valence-corrected chi connectivity index (χ0v) is 17.3. The Balaban J connectivity index is 1.98. The summed E-state index contributed by atoms with van der Waals surface area (Å²) in [5.41, 5.74) is 1.00. The summed E-state index contributed by atoms with van der Waals surface area (Å²) in [7, 11) is 0.